The molecular formula is C18H28Cl2F2IN5O. The monoisotopic (exact) mass is 565 g/mol. The first kappa shape index (κ1) is 26.4. The number of guanidine groups is 1. The SMILES string of the molecule is CN=C(NCc1cc(Cl)cc(Cl)c1OC(F)F)NCC(C)N1CCN(C)CC1.I. The van der Waals surface area contributed by atoms with Gasteiger partial charge in [0.1, 0.15) is 5.75 Å². The van der Waals surface area contributed by atoms with E-state index in [1.165, 1.54) is 12.1 Å². The smallest absolute Gasteiger partial charge is 0.387 e. The molecule has 0 bridgehead atoms. The van der Waals surface area contributed by atoms with Crippen molar-refractivity contribution in [3.63, 3.8) is 0 Å². The van der Waals surface area contributed by atoms with E-state index in [0.29, 0.717) is 29.1 Å². The highest BCUT2D eigenvalue weighted by atomic mass is 127. The average molecular weight is 566 g/mol. The highest BCUT2D eigenvalue weighted by Crippen LogP contribution is 2.33. The standard InChI is InChI=1S/C18H27Cl2F2N5O.HI/c1-12(27-6-4-26(3)5-7-27)10-24-18(23-2)25-11-13-8-14(19)9-15(20)16(13)28-17(21)22;/h8-9,12,17H,4-7,10-11H2,1-3H3,(H2,23,24,25);1H. The molecule has 29 heavy (non-hydrogen) atoms. The molecule has 1 aliphatic rings. The molecule has 1 fully saturated rings. The van der Waals surface area contributed by atoms with E-state index in [9.17, 15) is 8.78 Å². The number of likely N-dealkylation sites (N-methyl/N-ethyl adjacent to an activating group) is 1. The Morgan fingerprint density at radius 1 is 1.21 bits per heavy atom. The fourth-order valence-corrected chi connectivity index (χ4v) is 3.58. The summed E-state index contributed by atoms with van der Waals surface area (Å²) in [7, 11) is 3.78. The Morgan fingerprint density at radius 2 is 1.86 bits per heavy atom. The maximum Gasteiger partial charge on any atom is 0.387 e. The van der Waals surface area contributed by atoms with Crippen LogP contribution in [0.5, 0.6) is 5.75 Å². The van der Waals surface area contributed by atoms with Gasteiger partial charge in [0.15, 0.2) is 5.96 Å². The number of hydrogen-bond donors (Lipinski definition) is 2. The molecule has 2 N–H and O–H groups in total. The third-order valence-corrected chi connectivity index (χ3v) is 5.19. The summed E-state index contributed by atoms with van der Waals surface area (Å²) in [6, 6.07) is 3.25. The summed E-state index contributed by atoms with van der Waals surface area (Å²) >= 11 is 12.0. The molecule has 166 valence electrons. The van der Waals surface area contributed by atoms with E-state index < -0.39 is 6.61 Å². The van der Waals surface area contributed by atoms with Crippen LogP contribution in [0.3, 0.4) is 0 Å². The van der Waals surface area contributed by atoms with Gasteiger partial charge in [-0.2, -0.15) is 8.78 Å². The number of halogens is 5. The average Bonchev–Trinajstić information content (AvgIpc) is 2.64. The van der Waals surface area contributed by atoms with Crippen molar-refractivity contribution in [2.24, 2.45) is 4.99 Å². The fourth-order valence-electron chi connectivity index (χ4n) is 3.00. The van der Waals surface area contributed by atoms with Crippen molar-refractivity contribution in [3.05, 3.63) is 27.7 Å². The molecule has 1 aromatic carbocycles. The van der Waals surface area contributed by atoms with Crippen molar-refractivity contribution < 1.29 is 13.5 Å². The summed E-state index contributed by atoms with van der Waals surface area (Å²) < 4.78 is 29.9. The second kappa shape index (κ2) is 12.9. The summed E-state index contributed by atoms with van der Waals surface area (Å²) in [5.74, 6) is 0.467. The van der Waals surface area contributed by atoms with Crippen LogP contribution in [0, 0.1) is 0 Å². The fraction of sp³-hybridized carbons (Fsp3) is 0.611. The van der Waals surface area contributed by atoms with Gasteiger partial charge in [-0.15, -0.1) is 24.0 Å². The highest BCUT2D eigenvalue weighted by Gasteiger charge is 2.19. The maximum atomic E-state index is 12.7. The molecule has 0 saturated carbocycles. The van der Waals surface area contributed by atoms with Crippen molar-refractivity contribution in [1.29, 1.82) is 0 Å². The molecule has 1 unspecified atom stereocenters. The van der Waals surface area contributed by atoms with Gasteiger partial charge in [0.05, 0.1) is 5.02 Å². The number of rotatable bonds is 7. The Hall–Kier alpha value is -0.620. The van der Waals surface area contributed by atoms with Crippen molar-refractivity contribution in [3.8, 4) is 5.75 Å². The van der Waals surface area contributed by atoms with Gasteiger partial charge in [-0.25, -0.2) is 0 Å². The molecule has 2 rings (SSSR count). The van der Waals surface area contributed by atoms with Crippen LogP contribution in [-0.2, 0) is 6.54 Å². The van der Waals surface area contributed by atoms with E-state index in [4.69, 9.17) is 23.2 Å². The maximum absolute atomic E-state index is 12.7. The summed E-state index contributed by atoms with van der Waals surface area (Å²) in [5.41, 5.74) is 0.424. The lowest BCUT2D eigenvalue weighted by molar-refractivity contribution is -0.0504. The minimum absolute atomic E-state index is 0. The Labute approximate surface area is 198 Å². The first-order valence-corrected chi connectivity index (χ1v) is 9.85. The number of piperazine rings is 1. The lowest BCUT2D eigenvalue weighted by Crippen LogP contribution is -2.52. The van der Waals surface area contributed by atoms with Gasteiger partial charge in [0.25, 0.3) is 0 Å². The van der Waals surface area contributed by atoms with Gasteiger partial charge in [-0.1, -0.05) is 23.2 Å². The van der Waals surface area contributed by atoms with E-state index in [-0.39, 0.29) is 41.3 Å². The largest absolute Gasteiger partial charge is 0.433 e. The van der Waals surface area contributed by atoms with E-state index in [0.717, 1.165) is 26.2 Å². The molecular weight excluding hydrogens is 538 g/mol. The predicted molar refractivity (Wildman–Crippen MR) is 125 cm³/mol. The zero-order valence-corrected chi connectivity index (χ0v) is 20.6. The summed E-state index contributed by atoms with van der Waals surface area (Å²) in [6.45, 7) is 4.25. The Balaban J connectivity index is 0.00000420. The number of alkyl halides is 2. The van der Waals surface area contributed by atoms with E-state index in [2.05, 4.69) is 44.1 Å². The normalized spacial score (nSPS) is 17.0. The number of hydrogen-bond acceptors (Lipinski definition) is 4. The van der Waals surface area contributed by atoms with Crippen LogP contribution in [0.4, 0.5) is 8.78 Å². The molecule has 0 aliphatic carbocycles. The lowest BCUT2D eigenvalue weighted by Gasteiger charge is -2.36. The van der Waals surface area contributed by atoms with Crippen LogP contribution < -0.4 is 15.4 Å². The molecule has 0 aromatic heterocycles. The molecule has 1 heterocycles. The number of benzene rings is 1. The Bertz CT molecular complexity index is 676. The van der Waals surface area contributed by atoms with Crippen LogP contribution in [0.25, 0.3) is 0 Å². The Morgan fingerprint density at radius 3 is 2.45 bits per heavy atom. The van der Waals surface area contributed by atoms with Gasteiger partial charge < -0.3 is 20.3 Å². The number of ether oxygens (including phenoxy) is 1. The summed E-state index contributed by atoms with van der Waals surface area (Å²) in [5, 5.41) is 6.74. The molecule has 11 heteroatoms. The molecule has 0 amide bonds. The predicted octanol–water partition coefficient (Wildman–Crippen LogP) is 3.51. The van der Waals surface area contributed by atoms with Gasteiger partial charge in [-0.05, 0) is 26.1 Å². The van der Waals surface area contributed by atoms with E-state index in [1.807, 2.05) is 0 Å². The second-order valence-electron chi connectivity index (χ2n) is 6.75. The second-order valence-corrected chi connectivity index (χ2v) is 7.59. The quantitative estimate of drug-likeness (QED) is 0.301. The molecule has 0 radical (unpaired) electrons. The molecule has 1 aromatic rings. The first-order valence-electron chi connectivity index (χ1n) is 9.10. The van der Waals surface area contributed by atoms with Gasteiger partial charge in [0, 0.05) is 62.9 Å². The van der Waals surface area contributed by atoms with Crippen molar-refractivity contribution in [2.45, 2.75) is 26.1 Å². The van der Waals surface area contributed by atoms with Crippen LogP contribution in [0.1, 0.15) is 12.5 Å². The zero-order chi connectivity index (χ0) is 20.7. The molecule has 0 spiro atoms. The summed E-state index contributed by atoms with van der Waals surface area (Å²) in [6.07, 6.45) is 0. The third-order valence-electron chi connectivity index (χ3n) is 4.69. The Kier molecular flexibility index (Phi) is 11.8. The molecule has 1 aliphatic heterocycles. The number of nitrogens with one attached hydrogen (secondary N) is 2. The van der Waals surface area contributed by atoms with Crippen LogP contribution >= 0.6 is 47.2 Å². The van der Waals surface area contributed by atoms with Crippen LogP contribution in [0.15, 0.2) is 17.1 Å². The van der Waals surface area contributed by atoms with Crippen molar-refractivity contribution >= 4 is 53.1 Å². The van der Waals surface area contributed by atoms with Crippen LogP contribution in [-0.4, -0.2) is 75.2 Å². The van der Waals surface area contributed by atoms with Crippen LogP contribution in [0.2, 0.25) is 10.0 Å². The van der Waals surface area contributed by atoms with Gasteiger partial charge in [0.2, 0.25) is 0 Å². The van der Waals surface area contributed by atoms with Crippen molar-refractivity contribution in [2.75, 3.05) is 46.8 Å². The molecule has 6 nitrogen and oxygen atoms in total. The topological polar surface area (TPSA) is 52.1 Å². The highest BCUT2D eigenvalue weighted by molar-refractivity contribution is 14.0. The van der Waals surface area contributed by atoms with Crippen molar-refractivity contribution in [1.82, 2.24) is 20.4 Å². The van der Waals surface area contributed by atoms with E-state index >= 15 is 0 Å². The van der Waals surface area contributed by atoms with E-state index in [1.54, 1.807) is 7.05 Å². The van der Waals surface area contributed by atoms with Gasteiger partial charge in [-0.3, -0.25) is 9.89 Å². The number of aliphatic imine (C=N–C) groups is 1. The summed E-state index contributed by atoms with van der Waals surface area (Å²) in [4.78, 5) is 8.91. The third kappa shape index (κ3) is 8.56. The minimum Gasteiger partial charge on any atom is -0.433 e. The molecule has 1 atom stereocenters. The first-order chi connectivity index (χ1) is 13.3. The lowest BCUT2D eigenvalue weighted by atomic mass is 10.2. The molecule has 1 saturated heterocycles. The van der Waals surface area contributed by atoms with Gasteiger partial charge >= 0.3 is 6.61 Å². The number of nitrogens with zero attached hydrogens (tertiary/aromatic N) is 3. The minimum atomic E-state index is -2.97. The zero-order valence-electron chi connectivity index (χ0n) is 16.7.